The first-order valence-corrected chi connectivity index (χ1v) is 14.2. The van der Waals surface area contributed by atoms with Crippen LogP contribution in [-0.4, -0.2) is 47.0 Å². The Morgan fingerprint density at radius 2 is 1.97 bits per heavy atom. The highest BCUT2D eigenvalue weighted by Gasteiger charge is 2.22. The molecule has 2 aromatic heterocycles. The van der Waals surface area contributed by atoms with Crippen LogP contribution in [-0.2, 0) is 11.5 Å². The number of hydrogen-bond acceptors (Lipinski definition) is 6. The number of halogens is 1. The Bertz CT molecular complexity index is 1270. The molecule has 9 nitrogen and oxygen atoms in total. The van der Waals surface area contributed by atoms with Crippen LogP contribution in [0.25, 0.3) is 22.5 Å². The molecule has 170 valence electrons. The third kappa shape index (κ3) is 5.09. The summed E-state index contributed by atoms with van der Waals surface area (Å²) in [6.07, 6.45) is 2.64. The molecule has 0 aliphatic rings. The highest BCUT2D eigenvalue weighted by molar-refractivity contribution is 6.76. The summed E-state index contributed by atoms with van der Waals surface area (Å²) >= 11 is 6.05. The summed E-state index contributed by atoms with van der Waals surface area (Å²) in [5.74, 6) is 0.375. The van der Waals surface area contributed by atoms with Gasteiger partial charge in [-0.1, -0.05) is 31.2 Å². The Kier molecular flexibility index (Phi) is 7.17. The van der Waals surface area contributed by atoms with Gasteiger partial charge in [0.05, 0.1) is 5.70 Å². The van der Waals surface area contributed by atoms with Gasteiger partial charge in [0.2, 0.25) is 0 Å². The molecule has 1 aromatic carbocycles. The number of nitrogens with one attached hydrogen (secondary N) is 3. The molecule has 0 amide bonds. The lowest BCUT2D eigenvalue weighted by Gasteiger charge is -2.15. The molecule has 3 rings (SSSR count). The van der Waals surface area contributed by atoms with Crippen molar-refractivity contribution in [2.45, 2.75) is 32.4 Å². The maximum Gasteiger partial charge on any atom is 0.332 e. The number of benzene rings is 1. The minimum Gasteiger partial charge on any atom is -0.385 e. The van der Waals surface area contributed by atoms with Gasteiger partial charge in [0, 0.05) is 38.7 Å². The quantitative estimate of drug-likeness (QED) is 0.250. The predicted octanol–water partition coefficient (Wildman–Crippen LogP) is 3.05. The molecule has 0 unspecified atom stereocenters. The third-order valence-electron chi connectivity index (χ3n) is 4.86. The van der Waals surface area contributed by atoms with Gasteiger partial charge < -0.3 is 15.5 Å². The zero-order chi connectivity index (χ0) is 23.5. The highest BCUT2D eigenvalue weighted by atomic mass is 35.5. The first kappa shape index (κ1) is 23.7. The van der Waals surface area contributed by atoms with Crippen LogP contribution in [0.3, 0.4) is 0 Å². The van der Waals surface area contributed by atoms with Gasteiger partial charge in [-0.2, -0.15) is 0 Å². The molecule has 3 N–H and O–H groups in total. The van der Waals surface area contributed by atoms with Crippen molar-refractivity contribution in [1.29, 1.82) is 5.41 Å². The smallest absolute Gasteiger partial charge is 0.332 e. The van der Waals surface area contributed by atoms with E-state index in [0.29, 0.717) is 28.8 Å². The maximum absolute atomic E-state index is 12.9. The summed E-state index contributed by atoms with van der Waals surface area (Å²) < 4.78 is 8.72. The molecule has 0 fully saturated rings. The molecule has 0 aliphatic heterocycles. The van der Waals surface area contributed by atoms with E-state index in [0.717, 1.165) is 12.3 Å². The zero-order valence-electron chi connectivity index (χ0n) is 18.5. The van der Waals surface area contributed by atoms with Crippen LogP contribution in [0.4, 0.5) is 0 Å². The Morgan fingerprint density at radius 3 is 2.56 bits per heavy atom. The number of aromatic nitrogens is 4. The van der Waals surface area contributed by atoms with Crippen LogP contribution in [0.2, 0.25) is 30.7 Å². The zero-order valence-corrected chi connectivity index (χ0v) is 20.3. The fourth-order valence-electron chi connectivity index (χ4n) is 3.15. The molecule has 0 radical (unpaired) electrons. The lowest BCUT2D eigenvalue weighted by atomic mass is 10.3. The average Bonchev–Trinajstić information content (AvgIpc) is 3.11. The molecule has 2 heterocycles. The second-order valence-corrected chi connectivity index (χ2v) is 14.5. The normalized spacial score (nSPS) is 12.3. The SMILES string of the molecule is CN/C(=C\C=N)c1nc2c(c(=O)[nH]c(=O)n2COCC[Si](C)(C)C)n1-c1ccc(Cl)cc1. The third-order valence-corrected chi connectivity index (χ3v) is 6.81. The van der Waals surface area contributed by atoms with E-state index < -0.39 is 19.3 Å². The van der Waals surface area contributed by atoms with Crippen LogP contribution in [0, 0.1) is 5.41 Å². The summed E-state index contributed by atoms with van der Waals surface area (Å²) in [5, 5.41) is 11.0. The number of H-pyrrole nitrogens is 1. The molecule has 0 saturated heterocycles. The highest BCUT2D eigenvalue weighted by Crippen LogP contribution is 2.23. The minimum absolute atomic E-state index is 0.0309. The van der Waals surface area contributed by atoms with E-state index >= 15 is 0 Å². The van der Waals surface area contributed by atoms with E-state index in [-0.39, 0.29) is 17.9 Å². The van der Waals surface area contributed by atoms with Gasteiger partial charge in [0.1, 0.15) is 6.73 Å². The molecule has 0 saturated carbocycles. The number of imidazole rings is 1. The second-order valence-electron chi connectivity index (χ2n) is 8.45. The topological polar surface area (TPSA) is 118 Å². The van der Waals surface area contributed by atoms with Crippen LogP contribution >= 0.6 is 11.6 Å². The molecule has 11 heteroatoms. The van der Waals surface area contributed by atoms with Crippen LogP contribution in [0.15, 0.2) is 39.9 Å². The Balaban J connectivity index is 2.22. The minimum atomic E-state index is -1.29. The molecule has 32 heavy (non-hydrogen) atoms. The number of allylic oxidation sites excluding steroid dienone is 1. The van der Waals surface area contributed by atoms with E-state index in [4.69, 9.17) is 21.7 Å². The summed E-state index contributed by atoms with van der Waals surface area (Å²) in [4.78, 5) is 32.5. The number of nitrogens with zero attached hydrogens (tertiary/aromatic N) is 3. The first-order valence-electron chi connectivity index (χ1n) is 10.1. The van der Waals surface area contributed by atoms with Crippen molar-refractivity contribution in [3.8, 4) is 5.69 Å². The Hall–Kier alpha value is -2.95. The predicted molar refractivity (Wildman–Crippen MR) is 131 cm³/mol. The summed E-state index contributed by atoms with van der Waals surface area (Å²) in [6, 6.07) is 7.86. The van der Waals surface area contributed by atoms with E-state index in [1.54, 1.807) is 35.9 Å². The van der Waals surface area contributed by atoms with E-state index in [1.165, 1.54) is 10.6 Å². The lowest BCUT2D eigenvalue weighted by Crippen LogP contribution is -2.32. The maximum atomic E-state index is 12.9. The summed E-state index contributed by atoms with van der Waals surface area (Å²) in [7, 11) is 0.400. The van der Waals surface area contributed by atoms with Gasteiger partial charge in [0.25, 0.3) is 5.56 Å². The fourth-order valence-corrected chi connectivity index (χ4v) is 4.03. The van der Waals surface area contributed by atoms with Crippen molar-refractivity contribution < 1.29 is 4.74 Å². The van der Waals surface area contributed by atoms with E-state index in [2.05, 4.69) is 34.9 Å². The van der Waals surface area contributed by atoms with Gasteiger partial charge in [-0.15, -0.1) is 0 Å². The van der Waals surface area contributed by atoms with E-state index in [1.807, 2.05) is 0 Å². The van der Waals surface area contributed by atoms with Crippen molar-refractivity contribution in [1.82, 2.24) is 24.4 Å². The number of hydrogen-bond donors (Lipinski definition) is 3. The fraction of sp³-hybridized carbons (Fsp3) is 0.333. The molecule has 3 aromatic rings. The van der Waals surface area contributed by atoms with Crippen molar-refractivity contribution in [3.05, 3.63) is 62.0 Å². The Labute approximate surface area is 191 Å². The molecule has 0 aliphatic carbocycles. The van der Waals surface area contributed by atoms with Gasteiger partial charge in [0.15, 0.2) is 17.0 Å². The monoisotopic (exact) mass is 474 g/mol. The van der Waals surface area contributed by atoms with Crippen LogP contribution in [0.1, 0.15) is 5.82 Å². The van der Waals surface area contributed by atoms with Crippen molar-refractivity contribution in [3.63, 3.8) is 0 Å². The summed E-state index contributed by atoms with van der Waals surface area (Å²) in [5.41, 5.74) is 0.370. The largest absolute Gasteiger partial charge is 0.385 e. The van der Waals surface area contributed by atoms with E-state index in [9.17, 15) is 9.59 Å². The number of ether oxygens (including phenoxy) is 1. The number of rotatable bonds is 9. The molecule has 0 spiro atoms. The number of fused-ring (bicyclic) bond motifs is 1. The van der Waals surface area contributed by atoms with Crippen LogP contribution in [0.5, 0.6) is 0 Å². The lowest BCUT2D eigenvalue weighted by molar-refractivity contribution is 0.0865. The summed E-state index contributed by atoms with van der Waals surface area (Å²) in [6.45, 7) is 7.22. The van der Waals surface area contributed by atoms with Crippen molar-refractivity contribution in [2.75, 3.05) is 13.7 Å². The molecule has 0 bridgehead atoms. The second kappa shape index (κ2) is 9.68. The Morgan fingerprint density at radius 1 is 1.28 bits per heavy atom. The van der Waals surface area contributed by atoms with Crippen molar-refractivity contribution >= 4 is 42.8 Å². The van der Waals surface area contributed by atoms with Gasteiger partial charge >= 0.3 is 5.69 Å². The molecular weight excluding hydrogens is 448 g/mol. The van der Waals surface area contributed by atoms with Crippen LogP contribution < -0.4 is 16.6 Å². The van der Waals surface area contributed by atoms with Crippen molar-refractivity contribution in [2.24, 2.45) is 0 Å². The molecule has 0 atom stereocenters. The standard InChI is InChI=1S/C21H27ClN6O3Si/c1-24-16(9-10-23)18-25-19-17(28(18)15-7-5-14(22)6-8-15)20(29)26-21(30)27(19)13-31-11-12-32(2,3)4/h5-10,23-24H,11-13H2,1-4H3,(H,26,29,30)/b16-9-,23-10?. The number of aromatic amines is 1. The molecular formula is C21H27ClN6O3Si. The van der Waals surface area contributed by atoms with Gasteiger partial charge in [-0.25, -0.2) is 9.78 Å². The van der Waals surface area contributed by atoms with Gasteiger partial charge in [-0.3, -0.25) is 18.9 Å². The average molecular weight is 475 g/mol. The van der Waals surface area contributed by atoms with Gasteiger partial charge in [-0.05, 0) is 36.4 Å². The first-order chi connectivity index (χ1) is 15.2.